The zero-order valence-electron chi connectivity index (χ0n) is 7.90. The van der Waals surface area contributed by atoms with Crippen molar-refractivity contribution in [3.8, 4) is 0 Å². The van der Waals surface area contributed by atoms with E-state index < -0.39 is 0 Å². The predicted octanol–water partition coefficient (Wildman–Crippen LogP) is 0.243. The number of anilines is 2. The quantitative estimate of drug-likeness (QED) is 0.639. The Bertz CT molecular complexity index is 324. The molecule has 0 amide bonds. The van der Waals surface area contributed by atoms with Crippen LogP contribution in [0.5, 0.6) is 0 Å². The van der Waals surface area contributed by atoms with Crippen LogP contribution in [-0.2, 0) is 0 Å². The molecule has 1 fully saturated rings. The molecule has 0 radical (unpaired) electrons. The Morgan fingerprint density at radius 1 is 1.57 bits per heavy atom. The van der Waals surface area contributed by atoms with Crippen LogP contribution in [0.3, 0.4) is 0 Å². The summed E-state index contributed by atoms with van der Waals surface area (Å²) >= 11 is 0. The Hall–Kier alpha value is -1.36. The van der Waals surface area contributed by atoms with Gasteiger partial charge in [-0.15, -0.1) is 0 Å². The summed E-state index contributed by atoms with van der Waals surface area (Å²) in [5.74, 6) is 0.987. The molecule has 1 heterocycles. The van der Waals surface area contributed by atoms with Gasteiger partial charge in [-0.05, 0) is 18.9 Å². The third kappa shape index (κ3) is 1.93. The average molecular weight is 194 g/mol. The number of rotatable bonds is 4. The number of aromatic nitrogens is 2. The smallest absolute Gasteiger partial charge is 0.224 e. The molecule has 1 aliphatic carbocycles. The Kier molecular flexibility index (Phi) is 2.25. The highest BCUT2D eigenvalue weighted by Crippen LogP contribution is 2.44. The third-order valence-electron chi connectivity index (χ3n) is 2.59. The van der Waals surface area contributed by atoms with Gasteiger partial charge in [0.05, 0.1) is 6.61 Å². The number of nitrogen functional groups attached to an aromatic ring is 1. The molecule has 5 heteroatoms. The van der Waals surface area contributed by atoms with E-state index in [1.165, 1.54) is 0 Å². The Labute approximate surface area is 82.4 Å². The second-order valence-corrected chi connectivity index (χ2v) is 3.82. The normalized spacial score (nSPS) is 17.8. The monoisotopic (exact) mass is 194 g/mol. The molecule has 1 aliphatic rings. The van der Waals surface area contributed by atoms with E-state index in [2.05, 4.69) is 15.3 Å². The Morgan fingerprint density at radius 3 is 2.93 bits per heavy atom. The van der Waals surface area contributed by atoms with Gasteiger partial charge in [-0.2, -0.15) is 4.98 Å². The average Bonchev–Trinajstić information content (AvgIpc) is 2.96. The minimum absolute atomic E-state index is 0.0635. The molecule has 1 aromatic rings. The zero-order chi connectivity index (χ0) is 10.0. The van der Waals surface area contributed by atoms with Gasteiger partial charge in [0.15, 0.2) is 0 Å². The summed E-state index contributed by atoms with van der Waals surface area (Å²) < 4.78 is 0. The lowest BCUT2D eigenvalue weighted by Gasteiger charge is -2.12. The molecule has 0 spiro atoms. The lowest BCUT2D eigenvalue weighted by molar-refractivity contribution is 0.219. The second kappa shape index (κ2) is 3.42. The van der Waals surface area contributed by atoms with E-state index in [1.807, 2.05) is 0 Å². The largest absolute Gasteiger partial charge is 0.396 e. The van der Waals surface area contributed by atoms with E-state index in [1.54, 1.807) is 12.3 Å². The summed E-state index contributed by atoms with van der Waals surface area (Å²) in [5, 5.41) is 12.2. The Morgan fingerprint density at radius 2 is 2.36 bits per heavy atom. The molecule has 0 bridgehead atoms. The molecular formula is C9H14N4O. The van der Waals surface area contributed by atoms with Crippen molar-refractivity contribution in [3.05, 3.63) is 12.3 Å². The van der Waals surface area contributed by atoms with E-state index in [0.717, 1.165) is 12.8 Å². The number of aliphatic hydroxyl groups excluding tert-OH is 1. The van der Waals surface area contributed by atoms with Crippen LogP contribution in [0.4, 0.5) is 11.8 Å². The molecule has 0 aromatic carbocycles. The molecule has 4 N–H and O–H groups in total. The maximum Gasteiger partial charge on any atom is 0.224 e. The van der Waals surface area contributed by atoms with E-state index in [4.69, 9.17) is 10.8 Å². The summed E-state index contributed by atoms with van der Waals surface area (Å²) in [7, 11) is 0. The standard InChI is InChI=1S/C9H14N4O/c10-7-1-4-11-8(13-7)12-5-9(6-14)2-3-9/h1,4,14H,2-3,5-6H2,(H3,10,11,12,13). The van der Waals surface area contributed by atoms with Crippen LogP contribution in [-0.4, -0.2) is 28.2 Å². The first-order valence-corrected chi connectivity index (χ1v) is 4.67. The van der Waals surface area contributed by atoms with E-state index >= 15 is 0 Å². The number of aliphatic hydroxyl groups is 1. The van der Waals surface area contributed by atoms with E-state index in [-0.39, 0.29) is 12.0 Å². The summed E-state index contributed by atoms with van der Waals surface area (Å²) in [6.07, 6.45) is 3.75. The number of nitrogens with two attached hydrogens (primary N) is 1. The first kappa shape index (κ1) is 9.21. The van der Waals surface area contributed by atoms with Crippen molar-refractivity contribution >= 4 is 11.8 Å². The van der Waals surface area contributed by atoms with Crippen LogP contribution in [0.15, 0.2) is 12.3 Å². The summed E-state index contributed by atoms with van der Waals surface area (Å²) in [5.41, 5.74) is 5.57. The van der Waals surface area contributed by atoms with Crippen molar-refractivity contribution in [2.45, 2.75) is 12.8 Å². The maximum absolute atomic E-state index is 9.08. The highest BCUT2D eigenvalue weighted by atomic mass is 16.3. The molecule has 76 valence electrons. The van der Waals surface area contributed by atoms with Crippen molar-refractivity contribution in [2.24, 2.45) is 5.41 Å². The molecule has 0 atom stereocenters. The second-order valence-electron chi connectivity index (χ2n) is 3.82. The van der Waals surface area contributed by atoms with Gasteiger partial charge >= 0.3 is 0 Å². The van der Waals surface area contributed by atoms with Crippen LogP contribution < -0.4 is 11.1 Å². The van der Waals surface area contributed by atoms with Crippen LogP contribution in [0.2, 0.25) is 0 Å². The molecule has 1 saturated carbocycles. The van der Waals surface area contributed by atoms with Crippen LogP contribution in [0.1, 0.15) is 12.8 Å². The molecular weight excluding hydrogens is 180 g/mol. The fourth-order valence-electron chi connectivity index (χ4n) is 1.29. The van der Waals surface area contributed by atoms with Gasteiger partial charge in [-0.1, -0.05) is 0 Å². The fraction of sp³-hybridized carbons (Fsp3) is 0.556. The van der Waals surface area contributed by atoms with Crippen molar-refractivity contribution in [3.63, 3.8) is 0 Å². The van der Waals surface area contributed by atoms with Gasteiger partial charge < -0.3 is 16.2 Å². The fourth-order valence-corrected chi connectivity index (χ4v) is 1.29. The van der Waals surface area contributed by atoms with Gasteiger partial charge in [-0.25, -0.2) is 4.98 Å². The van der Waals surface area contributed by atoms with Gasteiger partial charge in [0.2, 0.25) is 5.95 Å². The highest BCUT2D eigenvalue weighted by Gasteiger charge is 2.41. The summed E-state index contributed by atoms with van der Waals surface area (Å²) in [6.45, 7) is 0.940. The van der Waals surface area contributed by atoms with Crippen molar-refractivity contribution < 1.29 is 5.11 Å². The topological polar surface area (TPSA) is 84.1 Å². The van der Waals surface area contributed by atoms with Crippen LogP contribution in [0.25, 0.3) is 0 Å². The molecule has 1 aromatic heterocycles. The molecule has 14 heavy (non-hydrogen) atoms. The van der Waals surface area contributed by atoms with Crippen molar-refractivity contribution in [2.75, 3.05) is 24.2 Å². The SMILES string of the molecule is Nc1ccnc(NCC2(CO)CC2)n1. The number of hydrogen-bond donors (Lipinski definition) is 3. The minimum Gasteiger partial charge on any atom is -0.396 e. The number of nitrogens with zero attached hydrogens (tertiary/aromatic N) is 2. The number of hydrogen-bond acceptors (Lipinski definition) is 5. The minimum atomic E-state index is 0.0635. The predicted molar refractivity (Wildman–Crippen MR) is 53.7 cm³/mol. The van der Waals surface area contributed by atoms with Crippen molar-refractivity contribution in [1.29, 1.82) is 0 Å². The summed E-state index contributed by atoms with van der Waals surface area (Å²) in [6, 6.07) is 1.64. The van der Waals surface area contributed by atoms with Gasteiger partial charge in [0.25, 0.3) is 0 Å². The van der Waals surface area contributed by atoms with Gasteiger partial charge in [-0.3, -0.25) is 0 Å². The highest BCUT2D eigenvalue weighted by molar-refractivity contribution is 5.35. The van der Waals surface area contributed by atoms with E-state index in [0.29, 0.717) is 18.3 Å². The molecule has 0 unspecified atom stereocenters. The molecule has 0 saturated heterocycles. The van der Waals surface area contributed by atoms with Crippen LogP contribution in [0, 0.1) is 5.41 Å². The zero-order valence-corrected chi connectivity index (χ0v) is 7.90. The maximum atomic E-state index is 9.08. The Balaban J connectivity index is 1.92. The van der Waals surface area contributed by atoms with Gasteiger partial charge in [0.1, 0.15) is 5.82 Å². The first-order chi connectivity index (χ1) is 6.74. The lowest BCUT2D eigenvalue weighted by Crippen LogP contribution is -2.20. The third-order valence-corrected chi connectivity index (χ3v) is 2.59. The molecule has 0 aliphatic heterocycles. The first-order valence-electron chi connectivity index (χ1n) is 4.67. The lowest BCUT2D eigenvalue weighted by atomic mass is 10.1. The number of nitrogens with one attached hydrogen (secondary N) is 1. The molecule has 5 nitrogen and oxygen atoms in total. The summed E-state index contributed by atoms with van der Waals surface area (Å²) in [4.78, 5) is 8.03. The van der Waals surface area contributed by atoms with Crippen molar-refractivity contribution in [1.82, 2.24) is 9.97 Å². The van der Waals surface area contributed by atoms with E-state index in [9.17, 15) is 0 Å². The van der Waals surface area contributed by atoms with Crippen LogP contribution >= 0.6 is 0 Å². The molecule has 2 rings (SSSR count). The van der Waals surface area contributed by atoms with Gasteiger partial charge in [0, 0.05) is 18.2 Å².